The smallest absolute Gasteiger partial charge is 0.191 e. The maximum atomic E-state index is 6.42. The second-order valence-electron chi connectivity index (χ2n) is 7.85. The van der Waals surface area contributed by atoms with Crippen molar-refractivity contribution in [1.29, 1.82) is 0 Å². The largest absolute Gasteiger partial charge is 0.379 e. The van der Waals surface area contributed by atoms with Crippen molar-refractivity contribution < 1.29 is 4.74 Å². The fourth-order valence-corrected chi connectivity index (χ4v) is 5.35. The highest BCUT2D eigenvalue weighted by molar-refractivity contribution is 14.0. The van der Waals surface area contributed by atoms with Gasteiger partial charge in [0.15, 0.2) is 11.1 Å². The molecule has 2 saturated heterocycles. The lowest BCUT2D eigenvalue weighted by molar-refractivity contribution is -0.0334. The van der Waals surface area contributed by atoms with E-state index in [0.29, 0.717) is 5.96 Å². The zero-order chi connectivity index (χ0) is 18.5. The number of nitrogens with two attached hydrogens (primary N) is 1. The third kappa shape index (κ3) is 5.09. The van der Waals surface area contributed by atoms with Crippen LogP contribution in [0.5, 0.6) is 0 Å². The summed E-state index contributed by atoms with van der Waals surface area (Å²) in [5, 5.41) is 3.14. The Kier molecular flexibility index (Phi) is 8.19. The molecule has 3 aliphatic rings. The monoisotopic (exact) mass is 520 g/mol. The molecule has 2 N–H and O–H groups in total. The highest BCUT2D eigenvalue weighted by Crippen LogP contribution is 2.34. The number of nitrogens with zero attached hydrogens (tertiary/aromatic N) is 5. The third-order valence-corrected chi connectivity index (χ3v) is 7.13. The molecule has 9 heteroatoms. The number of anilines is 1. The van der Waals surface area contributed by atoms with E-state index in [1.807, 2.05) is 11.6 Å². The summed E-state index contributed by atoms with van der Waals surface area (Å²) < 4.78 is 5.58. The van der Waals surface area contributed by atoms with Gasteiger partial charge in [0, 0.05) is 56.4 Å². The average Bonchev–Trinajstić information content (AvgIpc) is 3.28. The number of ether oxygens (including phenoxy) is 1. The number of halogens is 1. The highest BCUT2D eigenvalue weighted by atomic mass is 127. The molecule has 0 atom stereocenters. The fraction of sp³-hybridized carbons (Fsp3) is 0.789. The van der Waals surface area contributed by atoms with E-state index in [1.54, 1.807) is 11.3 Å². The van der Waals surface area contributed by atoms with Crippen LogP contribution in [0.4, 0.5) is 5.13 Å². The van der Waals surface area contributed by atoms with Crippen molar-refractivity contribution in [2.24, 2.45) is 10.7 Å². The molecule has 3 fully saturated rings. The summed E-state index contributed by atoms with van der Waals surface area (Å²) in [6.45, 7) is 8.32. The number of aliphatic imine (C=N–C) groups is 1. The van der Waals surface area contributed by atoms with Gasteiger partial charge in [0.1, 0.15) is 0 Å². The molecule has 3 heterocycles. The summed E-state index contributed by atoms with van der Waals surface area (Å²) in [4.78, 5) is 16.5. The average molecular weight is 520 g/mol. The van der Waals surface area contributed by atoms with Gasteiger partial charge in [0.05, 0.1) is 19.8 Å². The summed E-state index contributed by atoms with van der Waals surface area (Å²) in [5.74, 6) is 0.715. The second kappa shape index (κ2) is 10.4. The van der Waals surface area contributed by atoms with Crippen LogP contribution in [0.2, 0.25) is 0 Å². The molecule has 0 aromatic carbocycles. The first-order chi connectivity index (χ1) is 13.3. The first-order valence-corrected chi connectivity index (χ1v) is 11.2. The van der Waals surface area contributed by atoms with Gasteiger partial charge in [0.25, 0.3) is 0 Å². The van der Waals surface area contributed by atoms with Crippen LogP contribution < -0.4 is 10.6 Å². The van der Waals surface area contributed by atoms with Crippen molar-refractivity contribution in [1.82, 2.24) is 14.8 Å². The Morgan fingerprint density at radius 1 is 1.11 bits per heavy atom. The molecular formula is C19H33IN6OS. The number of guanidine groups is 1. The first kappa shape index (κ1) is 22.0. The van der Waals surface area contributed by atoms with Crippen LogP contribution in [0.1, 0.15) is 32.1 Å². The minimum Gasteiger partial charge on any atom is -0.379 e. The Hall–Kier alpha value is -0.650. The Bertz CT molecular complexity index is 608. The third-order valence-electron chi connectivity index (χ3n) is 6.30. The number of hydrogen-bond donors (Lipinski definition) is 1. The molecule has 1 saturated carbocycles. The van der Waals surface area contributed by atoms with E-state index in [0.717, 1.165) is 64.2 Å². The van der Waals surface area contributed by atoms with Gasteiger partial charge in [-0.15, -0.1) is 35.3 Å². The van der Waals surface area contributed by atoms with Crippen molar-refractivity contribution in [3.63, 3.8) is 0 Å². The molecule has 158 valence electrons. The van der Waals surface area contributed by atoms with Crippen molar-refractivity contribution in [2.75, 3.05) is 63.9 Å². The summed E-state index contributed by atoms with van der Waals surface area (Å²) in [6.07, 6.45) is 8.31. The number of aromatic nitrogens is 1. The van der Waals surface area contributed by atoms with Crippen LogP contribution in [0.15, 0.2) is 16.6 Å². The minimum atomic E-state index is 0. The Labute approximate surface area is 189 Å². The number of morpholine rings is 1. The fourth-order valence-electron chi connectivity index (χ4n) is 4.65. The molecule has 28 heavy (non-hydrogen) atoms. The SMILES string of the molecule is I.NC(=NCC1(N2CCOCC2)CCCCC1)N1CCN(c2nccs2)CC1. The molecule has 0 spiro atoms. The quantitative estimate of drug-likeness (QED) is 0.373. The van der Waals surface area contributed by atoms with Gasteiger partial charge in [-0.1, -0.05) is 19.3 Å². The normalized spacial score (nSPS) is 24.1. The summed E-state index contributed by atoms with van der Waals surface area (Å²) in [6, 6.07) is 0. The first-order valence-electron chi connectivity index (χ1n) is 10.3. The number of thiazole rings is 1. The molecule has 0 unspecified atom stereocenters. The molecule has 2 aliphatic heterocycles. The van der Waals surface area contributed by atoms with Gasteiger partial charge >= 0.3 is 0 Å². The molecule has 1 aromatic heterocycles. The van der Waals surface area contributed by atoms with Crippen LogP contribution >= 0.6 is 35.3 Å². The van der Waals surface area contributed by atoms with E-state index in [4.69, 9.17) is 15.5 Å². The van der Waals surface area contributed by atoms with Gasteiger partial charge < -0.3 is 20.3 Å². The number of hydrogen-bond acceptors (Lipinski definition) is 6. The van der Waals surface area contributed by atoms with Crippen molar-refractivity contribution in [3.8, 4) is 0 Å². The molecule has 1 aromatic rings. The Morgan fingerprint density at radius 2 is 1.82 bits per heavy atom. The van der Waals surface area contributed by atoms with Gasteiger partial charge in [-0.25, -0.2) is 4.98 Å². The Morgan fingerprint density at radius 3 is 2.46 bits per heavy atom. The van der Waals surface area contributed by atoms with Crippen LogP contribution in [0.3, 0.4) is 0 Å². The van der Waals surface area contributed by atoms with E-state index in [-0.39, 0.29) is 29.5 Å². The van der Waals surface area contributed by atoms with Crippen LogP contribution in [-0.2, 0) is 4.74 Å². The van der Waals surface area contributed by atoms with Gasteiger partial charge in [-0.05, 0) is 12.8 Å². The second-order valence-corrected chi connectivity index (χ2v) is 8.72. The summed E-state index contributed by atoms with van der Waals surface area (Å²) >= 11 is 1.70. The molecule has 4 rings (SSSR count). The zero-order valence-electron chi connectivity index (χ0n) is 16.6. The predicted octanol–water partition coefficient (Wildman–Crippen LogP) is 2.23. The van der Waals surface area contributed by atoms with Gasteiger partial charge in [0.2, 0.25) is 0 Å². The van der Waals surface area contributed by atoms with E-state index >= 15 is 0 Å². The standard InChI is InChI=1S/C19H32N6OS.HI/c20-17(23-7-9-24(10-8-23)18-21-6-15-27-18)22-16-19(4-2-1-3-5-19)25-11-13-26-14-12-25;/h6,15H,1-5,7-14,16H2,(H2,20,22);1H. The van der Waals surface area contributed by atoms with Crippen LogP contribution in [0.25, 0.3) is 0 Å². The maximum absolute atomic E-state index is 6.42. The Balaban J connectivity index is 0.00000225. The zero-order valence-corrected chi connectivity index (χ0v) is 19.7. The lowest BCUT2D eigenvalue weighted by Gasteiger charge is -2.47. The van der Waals surface area contributed by atoms with E-state index in [2.05, 4.69) is 19.7 Å². The molecule has 1 aliphatic carbocycles. The van der Waals surface area contributed by atoms with Crippen molar-refractivity contribution in [2.45, 2.75) is 37.6 Å². The predicted molar refractivity (Wildman–Crippen MR) is 126 cm³/mol. The van der Waals surface area contributed by atoms with Crippen molar-refractivity contribution in [3.05, 3.63) is 11.6 Å². The maximum Gasteiger partial charge on any atom is 0.191 e. The van der Waals surface area contributed by atoms with Gasteiger partial charge in [-0.2, -0.15) is 0 Å². The highest BCUT2D eigenvalue weighted by Gasteiger charge is 2.38. The van der Waals surface area contributed by atoms with Crippen LogP contribution in [-0.4, -0.2) is 85.3 Å². The van der Waals surface area contributed by atoms with E-state index in [1.165, 1.54) is 32.1 Å². The van der Waals surface area contributed by atoms with Crippen molar-refractivity contribution >= 4 is 46.4 Å². The molecule has 7 nitrogen and oxygen atoms in total. The topological polar surface area (TPSA) is 70.2 Å². The van der Waals surface area contributed by atoms with E-state index < -0.39 is 0 Å². The van der Waals surface area contributed by atoms with E-state index in [9.17, 15) is 0 Å². The lowest BCUT2D eigenvalue weighted by atomic mass is 9.80. The minimum absolute atomic E-state index is 0. The molecule has 0 radical (unpaired) electrons. The molecular weight excluding hydrogens is 487 g/mol. The van der Waals surface area contributed by atoms with Crippen LogP contribution in [0, 0.1) is 0 Å². The molecule has 0 bridgehead atoms. The molecule has 0 amide bonds. The lowest BCUT2D eigenvalue weighted by Crippen LogP contribution is -2.57. The number of rotatable bonds is 4. The summed E-state index contributed by atoms with van der Waals surface area (Å²) in [5.41, 5.74) is 6.61. The van der Waals surface area contributed by atoms with Gasteiger partial charge in [-0.3, -0.25) is 9.89 Å². The number of piperazine rings is 1. The summed E-state index contributed by atoms with van der Waals surface area (Å²) in [7, 11) is 0.